The van der Waals surface area contributed by atoms with Crippen LogP contribution in [-0.4, -0.2) is 49.7 Å². The number of ether oxygens (including phenoxy) is 1. The first kappa shape index (κ1) is 11.5. The number of carbonyl (C=O) groups is 1. The molecule has 0 spiro atoms. The van der Waals surface area contributed by atoms with Gasteiger partial charge in [-0.15, -0.1) is 0 Å². The molecule has 0 aliphatic carbocycles. The summed E-state index contributed by atoms with van der Waals surface area (Å²) in [6.45, 7) is 7.08. The molecule has 82 valence electrons. The van der Waals surface area contributed by atoms with Crippen LogP contribution >= 0.6 is 0 Å². The lowest BCUT2D eigenvalue weighted by Gasteiger charge is -2.31. The highest BCUT2D eigenvalue weighted by atomic mass is 16.5. The molecule has 0 aromatic carbocycles. The molecule has 4 nitrogen and oxygen atoms in total. The minimum absolute atomic E-state index is 0.134. The van der Waals surface area contributed by atoms with Crippen molar-refractivity contribution in [1.82, 2.24) is 10.2 Å². The van der Waals surface area contributed by atoms with Crippen molar-refractivity contribution in [3.63, 3.8) is 0 Å². The van der Waals surface area contributed by atoms with Crippen molar-refractivity contribution in [1.29, 1.82) is 0 Å². The average Bonchev–Trinajstić information content (AvgIpc) is 2.17. The van der Waals surface area contributed by atoms with E-state index in [0.717, 1.165) is 26.1 Å². The van der Waals surface area contributed by atoms with Gasteiger partial charge < -0.3 is 15.0 Å². The topological polar surface area (TPSA) is 41.6 Å². The van der Waals surface area contributed by atoms with Gasteiger partial charge in [0.15, 0.2) is 0 Å². The Morgan fingerprint density at radius 2 is 2.29 bits per heavy atom. The molecule has 14 heavy (non-hydrogen) atoms. The van der Waals surface area contributed by atoms with Crippen molar-refractivity contribution in [2.24, 2.45) is 0 Å². The Kier molecular flexibility index (Phi) is 3.89. The predicted octanol–water partition coefficient (Wildman–Crippen LogP) is 0.233. The third-order valence-corrected chi connectivity index (χ3v) is 2.72. The van der Waals surface area contributed by atoms with Crippen LogP contribution in [-0.2, 0) is 9.53 Å². The van der Waals surface area contributed by atoms with Crippen molar-refractivity contribution in [3.8, 4) is 0 Å². The molecule has 0 aromatic heterocycles. The summed E-state index contributed by atoms with van der Waals surface area (Å²) in [6, 6.07) is 0. The molecule has 1 heterocycles. The van der Waals surface area contributed by atoms with Gasteiger partial charge in [-0.25, -0.2) is 0 Å². The first-order valence-corrected chi connectivity index (χ1v) is 5.09. The summed E-state index contributed by atoms with van der Waals surface area (Å²) < 4.78 is 5.31. The lowest BCUT2D eigenvalue weighted by molar-refractivity contribution is -0.132. The van der Waals surface area contributed by atoms with Crippen LogP contribution < -0.4 is 5.32 Å². The van der Waals surface area contributed by atoms with Gasteiger partial charge in [0.2, 0.25) is 5.91 Å². The standard InChI is InChI=1S/C10H20N2O2/c1-10(2,14-3)4-6-12-7-5-11-8-9(12)13/h11H,4-8H2,1-3H3. The molecule has 1 N–H and O–H groups in total. The third kappa shape index (κ3) is 3.27. The van der Waals surface area contributed by atoms with E-state index in [1.165, 1.54) is 0 Å². The molecule has 0 atom stereocenters. The van der Waals surface area contributed by atoms with Gasteiger partial charge in [-0.3, -0.25) is 4.79 Å². The number of piperazine rings is 1. The number of nitrogens with zero attached hydrogens (tertiary/aromatic N) is 1. The van der Waals surface area contributed by atoms with Crippen LogP contribution in [0.25, 0.3) is 0 Å². The maximum absolute atomic E-state index is 11.4. The maximum atomic E-state index is 11.4. The molecule has 0 aromatic rings. The lowest BCUT2D eigenvalue weighted by atomic mass is 10.0. The highest BCUT2D eigenvalue weighted by Crippen LogP contribution is 2.13. The summed E-state index contributed by atoms with van der Waals surface area (Å²) in [5.74, 6) is 0.197. The van der Waals surface area contributed by atoms with Gasteiger partial charge in [-0.05, 0) is 20.3 Å². The Morgan fingerprint density at radius 1 is 1.57 bits per heavy atom. The zero-order valence-corrected chi connectivity index (χ0v) is 9.30. The third-order valence-electron chi connectivity index (χ3n) is 2.72. The van der Waals surface area contributed by atoms with Crippen LogP contribution in [0.5, 0.6) is 0 Å². The van der Waals surface area contributed by atoms with Gasteiger partial charge in [0, 0.05) is 26.7 Å². The normalized spacial score (nSPS) is 18.8. The molecule has 1 amide bonds. The average molecular weight is 200 g/mol. The molecular weight excluding hydrogens is 180 g/mol. The zero-order valence-electron chi connectivity index (χ0n) is 9.30. The fraction of sp³-hybridized carbons (Fsp3) is 0.900. The van der Waals surface area contributed by atoms with Crippen molar-refractivity contribution >= 4 is 5.91 Å². The second-order valence-corrected chi connectivity index (χ2v) is 4.27. The SMILES string of the molecule is COC(C)(C)CCN1CCNCC1=O. The van der Waals surface area contributed by atoms with E-state index in [1.54, 1.807) is 7.11 Å². The summed E-state index contributed by atoms with van der Waals surface area (Å²) in [5, 5.41) is 3.05. The van der Waals surface area contributed by atoms with Crippen molar-refractivity contribution in [3.05, 3.63) is 0 Å². The van der Waals surface area contributed by atoms with Gasteiger partial charge in [-0.1, -0.05) is 0 Å². The second kappa shape index (κ2) is 4.75. The van der Waals surface area contributed by atoms with Crippen LogP contribution in [0.15, 0.2) is 0 Å². The molecule has 1 saturated heterocycles. The number of carbonyl (C=O) groups excluding carboxylic acids is 1. The summed E-state index contributed by atoms with van der Waals surface area (Å²) in [7, 11) is 1.71. The molecule has 4 heteroatoms. The van der Waals surface area contributed by atoms with Gasteiger partial charge in [0.05, 0.1) is 12.1 Å². The van der Waals surface area contributed by atoms with Crippen LogP contribution in [0.3, 0.4) is 0 Å². The molecule has 1 aliphatic rings. The summed E-state index contributed by atoms with van der Waals surface area (Å²) in [5.41, 5.74) is -0.134. The second-order valence-electron chi connectivity index (χ2n) is 4.27. The summed E-state index contributed by atoms with van der Waals surface area (Å²) in [4.78, 5) is 13.3. The number of hydrogen-bond donors (Lipinski definition) is 1. The molecule has 0 radical (unpaired) electrons. The number of amides is 1. The Bertz CT molecular complexity index is 204. The van der Waals surface area contributed by atoms with Crippen LogP contribution in [0.1, 0.15) is 20.3 Å². The Labute approximate surface area is 85.6 Å². The fourth-order valence-corrected chi connectivity index (χ4v) is 1.39. The first-order valence-electron chi connectivity index (χ1n) is 5.09. The quantitative estimate of drug-likeness (QED) is 0.706. The maximum Gasteiger partial charge on any atom is 0.236 e. The van der Waals surface area contributed by atoms with Gasteiger partial charge in [-0.2, -0.15) is 0 Å². The lowest BCUT2D eigenvalue weighted by Crippen LogP contribution is -2.49. The van der Waals surface area contributed by atoms with Gasteiger partial charge in [0.1, 0.15) is 0 Å². The monoisotopic (exact) mass is 200 g/mol. The van der Waals surface area contributed by atoms with E-state index in [-0.39, 0.29) is 11.5 Å². The molecule has 1 aliphatic heterocycles. The van der Waals surface area contributed by atoms with E-state index in [4.69, 9.17) is 4.74 Å². The van der Waals surface area contributed by atoms with E-state index in [1.807, 2.05) is 18.7 Å². The molecule has 1 fully saturated rings. The smallest absolute Gasteiger partial charge is 0.236 e. The first-order chi connectivity index (χ1) is 6.55. The number of rotatable bonds is 4. The van der Waals surface area contributed by atoms with Crippen molar-refractivity contribution in [2.45, 2.75) is 25.9 Å². The van der Waals surface area contributed by atoms with E-state index in [0.29, 0.717) is 6.54 Å². The zero-order chi connectivity index (χ0) is 10.6. The fourth-order valence-electron chi connectivity index (χ4n) is 1.39. The molecule has 0 saturated carbocycles. The van der Waals surface area contributed by atoms with Crippen LogP contribution in [0, 0.1) is 0 Å². The van der Waals surface area contributed by atoms with E-state index < -0.39 is 0 Å². The number of nitrogens with one attached hydrogen (secondary N) is 1. The molecule has 0 bridgehead atoms. The Hall–Kier alpha value is -0.610. The Morgan fingerprint density at radius 3 is 2.86 bits per heavy atom. The van der Waals surface area contributed by atoms with E-state index >= 15 is 0 Å². The Balaban J connectivity index is 2.33. The van der Waals surface area contributed by atoms with Gasteiger partial charge >= 0.3 is 0 Å². The largest absolute Gasteiger partial charge is 0.379 e. The highest BCUT2D eigenvalue weighted by molar-refractivity contribution is 5.78. The minimum atomic E-state index is -0.134. The molecule has 0 unspecified atom stereocenters. The van der Waals surface area contributed by atoms with E-state index in [2.05, 4.69) is 5.32 Å². The summed E-state index contributed by atoms with van der Waals surface area (Å²) >= 11 is 0. The minimum Gasteiger partial charge on any atom is -0.379 e. The number of methoxy groups -OCH3 is 1. The van der Waals surface area contributed by atoms with Gasteiger partial charge in [0.25, 0.3) is 0 Å². The van der Waals surface area contributed by atoms with Crippen LogP contribution in [0.4, 0.5) is 0 Å². The highest BCUT2D eigenvalue weighted by Gasteiger charge is 2.22. The van der Waals surface area contributed by atoms with Crippen molar-refractivity contribution < 1.29 is 9.53 Å². The van der Waals surface area contributed by atoms with E-state index in [9.17, 15) is 4.79 Å². The number of hydrogen-bond acceptors (Lipinski definition) is 3. The molecular formula is C10H20N2O2. The predicted molar refractivity (Wildman–Crippen MR) is 55.2 cm³/mol. The van der Waals surface area contributed by atoms with Crippen molar-refractivity contribution in [2.75, 3.05) is 33.3 Å². The molecule has 1 rings (SSSR count). The van der Waals surface area contributed by atoms with Crippen LogP contribution in [0.2, 0.25) is 0 Å². The summed E-state index contributed by atoms with van der Waals surface area (Å²) in [6.07, 6.45) is 0.884.